The number of nitrogens with one attached hydrogen (secondary N) is 1. The van der Waals surface area contributed by atoms with E-state index in [1.54, 1.807) is 13.2 Å². The summed E-state index contributed by atoms with van der Waals surface area (Å²) in [5.41, 5.74) is 2.08. The van der Waals surface area contributed by atoms with Crippen LogP contribution in [0.2, 0.25) is 0 Å². The zero-order chi connectivity index (χ0) is 18.7. The lowest BCUT2D eigenvalue weighted by atomic mass is 9.69. The van der Waals surface area contributed by atoms with Crippen molar-refractivity contribution in [3.63, 3.8) is 0 Å². The number of para-hydroxylation sites is 1. The van der Waals surface area contributed by atoms with Crippen LogP contribution in [0.4, 0.5) is 5.69 Å². The first kappa shape index (κ1) is 17.1. The van der Waals surface area contributed by atoms with Gasteiger partial charge in [0, 0.05) is 5.69 Å². The van der Waals surface area contributed by atoms with E-state index in [1.807, 2.05) is 91.0 Å². The predicted octanol–water partition coefficient (Wildman–Crippen LogP) is 4.60. The van der Waals surface area contributed by atoms with Crippen LogP contribution in [-0.4, -0.2) is 18.9 Å². The largest absolute Gasteiger partial charge is 0.497 e. The molecule has 1 N–H and O–H groups in total. The fraction of sp³-hybridized carbons (Fsp3) is 0.125. The van der Waals surface area contributed by atoms with E-state index in [-0.39, 0.29) is 11.8 Å². The molecule has 0 bridgehead atoms. The molecule has 4 rings (SSSR count). The molecule has 1 aliphatic carbocycles. The van der Waals surface area contributed by atoms with Gasteiger partial charge in [0.1, 0.15) is 11.2 Å². The summed E-state index contributed by atoms with van der Waals surface area (Å²) < 4.78 is 5.30. The monoisotopic (exact) mass is 355 g/mol. The van der Waals surface area contributed by atoms with Crippen LogP contribution in [-0.2, 0) is 10.2 Å². The van der Waals surface area contributed by atoms with Crippen LogP contribution in [0.3, 0.4) is 0 Å². The van der Waals surface area contributed by atoms with Crippen molar-refractivity contribution >= 4 is 11.5 Å². The zero-order valence-electron chi connectivity index (χ0n) is 15.1. The van der Waals surface area contributed by atoms with Gasteiger partial charge in [0.25, 0.3) is 0 Å². The smallest absolute Gasteiger partial charge is 0.172 e. The lowest BCUT2D eigenvalue weighted by Gasteiger charge is -2.36. The fourth-order valence-electron chi connectivity index (χ4n) is 3.85. The van der Waals surface area contributed by atoms with E-state index in [9.17, 15) is 4.79 Å². The van der Waals surface area contributed by atoms with Gasteiger partial charge in [0.2, 0.25) is 0 Å². The molecule has 3 aromatic rings. The molecule has 0 spiro atoms. The number of allylic oxidation sites excluding steroid dienone is 1. The molecule has 2 atom stereocenters. The first-order valence-corrected chi connectivity index (χ1v) is 8.99. The number of hydrogen-bond acceptors (Lipinski definition) is 3. The van der Waals surface area contributed by atoms with Crippen molar-refractivity contribution in [3.8, 4) is 5.75 Å². The molecule has 1 aliphatic rings. The lowest BCUT2D eigenvalue weighted by molar-refractivity contribution is -0.117. The van der Waals surface area contributed by atoms with Gasteiger partial charge in [-0.15, -0.1) is 0 Å². The maximum Gasteiger partial charge on any atom is 0.172 e. The number of ketones is 1. The van der Waals surface area contributed by atoms with E-state index < -0.39 is 5.41 Å². The maximum absolute atomic E-state index is 13.3. The molecule has 0 saturated heterocycles. The second-order valence-electron chi connectivity index (χ2n) is 6.61. The van der Waals surface area contributed by atoms with Crippen LogP contribution in [0.1, 0.15) is 11.1 Å². The highest BCUT2D eigenvalue weighted by Gasteiger charge is 2.49. The van der Waals surface area contributed by atoms with Crippen molar-refractivity contribution in [1.29, 1.82) is 0 Å². The summed E-state index contributed by atoms with van der Waals surface area (Å²) in [5, 5.41) is 3.55. The lowest BCUT2D eigenvalue weighted by Crippen LogP contribution is -2.46. The number of carbonyl (C=O) groups is 1. The van der Waals surface area contributed by atoms with Gasteiger partial charge < -0.3 is 10.1 Å². The van der Waals surface area contributed by atoms with Crippen molar-refractivity contribution in [1.82, 2.24) is 0 Å². The van der Waals surface area contributed by atoms with E-state index in [0.29, 0.717) is 0 Å². The third kappa shape index (κ3) is 2.91. The Hall–Kier alpha value is -3.33. The van der Waals surface area contributed by atoms with Gasteiger partial charge in [-0.25, -0.2) is 0 Å². The average molecular weight is 355 g/mol. The van der Waals surface area contributed by atoms with Gasteiger partial charge in [-0.1, -0.05) is 66.7 Å². The maximum atomic E-state index is 13.3. The Morgan fingerprint density at radius 1 is 0.815 bits per heavy atom. The third-order valence-electron chi connectivity index (χ3n) is 5.17. The van der Waals surface area contributed by atoms with Crippen LogP contribution in [0, 0.1) is 0 Å². The SMILES string of the molecule is COc1ccc(C2(c3ccccc3)C(=O)C=C[C@H]2Nc2ccccc2)cc1. The van der Waals surface area contributed by atoms with Crippen molar-refractivity contribution in [2.24, 2.45) is 0 Å². The molecule has 1 unspecified atom stereocenters. The highest BCUT2D eigenvalue weighted by atomic mass is 16.5. The van der Waals surface area contributed by atoms with Crippen LogP contribution in [0.25, 0.3) is 0 Å². The molecular formula is C24H21NO2. The number of rotatable bonds is 5. The Bertz CT molecular complexity index is 949. The molecular weight excluding hydrogens is 334 g/mol. The van der Waals surface area contributed by atoms with Gasteiger partial charge in [-0.05, 0) is 41.5 Å². The first-order valence-electron chi connectivity index (χ1n) is 8.99. The number of ether oxygens (including phenoxy) is 1. The Morgan fingerprint density at radius 2 is 1.41 bits per heavy atom. The number of hydrogen-bond donors (Lipinski definition) is 1. The topological polar surface area (TPSA) is 38.3 Å². The average Bonchev–Trinajstić information content (AvgIpc) is 3.06. The van der Waals surface area contributed by atoms with Gasteiger partial charge in [0.05, 0.1) is 13.2 Å². The Morgan fingerprint density at radius 3 is 2.04 bits per heavy atom. The van der Waals surface area contributed by atoms with Crippen LogP contribution < -0.4 is 10.1 Å². The predicted molar refractivity (Wildman–Crippen MR) is 108 cm³/mol. The van der Waals surface area contributed by atoms with Gasteiger partial charge in [0.15, 0.2) is 5.78 Å². The van der Waals surface area contributed by atoms with Crippen molar-refractivity contribution < 1.29 is 9.53 Å². The Kier molecular flexibility index (Phi) is 4.51. The molecule has 3 heteroatoms. The van der Waals surface area contributed by atoms with E-state index in [1.165, 1.54) is 0 Å². The zero-order valence-corrected chi connectivity index (χ0v) is 15.1. The number of methoxy groups -OCH3 is 1. The molecule has 0 aliphatic heterocycles. The summed E-state index contributed by atoms with van der Waals surface area (Å²) in [6.45, 7) is 0. The van der Waals surface area contributed by atoms with E-state index in [4.69, 9.17) is 4.74 Å². The van der Waals surface area contributed by atoms with E-state index in [0.717, 1.165) is 22.6 Å². The molecule has 0 heterocycles. The van der Waals surface area contributed by atoms with E-state index in [2.05, 4.69) is 5.32 Å². The summed E-state index contributed by atoms with van der Waals surface area (Å²) >= 11 is 0. The summed E-state index contributed by atoms with van der Waals surface area (Å²) in [4.78, 5) is 13.3. The van der Waals surface area contributed by atoms with Crippen molar-refractivity contribution in [2.45, 2.75) is 11.5 Å². The fourth-order valence-corrected chi connectivity index (χ4v) is 3.85. The molecule has 3 aromatic carbocycles. The molecule has 3 nitrogen and oxygen atoms in total. The highest BCUT2D eigenvalue weighted by Crippen LogP contribution is 2.42. The minimum absolute atomic E-state index is 0.0762. The number of anilines is 1. The quantitative estimate of drug-likeness (QED) is 0.727. The summed E-state index contributed by atoms with van der Waals surface area (Å²) in [5.74, 6) is 0.847. The standard InChI is InChI=1S/C24H21NO2/c1-27-21-14-12-19(13-15-21)24(18-8-4-2-5-9-18)22(16-17-23(24)26)25-20-10-6-3-7-11-20/h2-17,22,25H,1H3/t22-,24?/m1/s1. The number of carbonyl (C=O) groups excluding carboxylic acids is 1. The van der Waals surface area contributed by atoms with Crippen LogP contribution in [0.5, 0.6) is 5.75 Å². The first-order chi connectivity index (χ1) is 13.2. The summed E-state index contributed by atoms with van der Waals surface area (Å²) in [6, 6.07) is 27.5. The molecule has 0 fully saturated rings. The van der Waals surface area contributed by atoms with Crippen molar-refractivity contribution in [3.05, 3.63) is 108 Å². The van der Waals surface area contributed by atoms with Gasteiger partial charge in [-0.3, -0.25) is 4.79 Å². The molecule has 0 amide bonds. The van der Waals surface area contributed by atoms with Crippen LogP contribution in [0.15, 0.2) is 97.1 Å². The number of benzene rings is 3. The summed E-state index contributed by atoms with van der Waals surface area (Å²) in [7, 11) is 1.64. The third-order valence-corrected chi connectivity index (χ3v) is 5.17. The molecule has 27 heavy (non-hydrogen) atoms. The Labute approximate surface area is 159 Å². The Balaban J connectivity index is 1.86. The van der Waals surface area contributed by atoms with E-state index >= 15 is 0 Å². The molecule has 134 valence electrons. The normalized spacial score (nSPS) is 21.2. The minimum atomic E-state index is -0.816. The van der Waals surface area contributed by atoms with Gasteiger partial charge in [-0.2, -0.15) is 0 Å². The molecule has 0 radical (unpaired) electrons. The molecule has 0 saturated carbocycles. The highest BCUT2D eigenvalue weighted by molar-refractivity contribution is 6.06. The minimum Gasteiger partial charge on any atom is -0.497 e. The summed E-state index contributed by atoms with van der Waals surface area (Å²) in [6.07, 6.45) is 3.66. The second-order valence-corrected chi connectivity index (χ2v) is 6.61. The molecule has 0 aromatic heterocycles. The van der Waals surface area contributed by atoms with Crippen molar-refractivity contribution in [2.75, 3.05) is 12.4 Å². The second kappa shape index (κ2) is 7.12. The van der Waals surface area contributed by atoms with Gasteiger partial charge >= 0.3 is 0 Å². The van der Waals surface area contributed by atoms with Crippen LogP contribution >= 0.6 is 0 Å².